The number of alkyl halides is 1. The summed E-state index contributed by atoms with van der Waals surface area (Å²) in [6.07, 6.45) is 1.42. The van der Waals surface area contributed by atoms with E-state index in [9.17, 15) is 13.2 Å². The molecule has 5 heteroatoms. The second kappa shape index (κ2) is 4.53. The van der Waals surface area contributed by atoms with Crippen LogP contribution in [0.25, 0.3) is 0 Å². The number of aryl methyl sites for hydroxylation is 1. The Morgan fingerprint density at radius 1 is 1.41 bits per heavy atom. The number of hydrogen-bond donors (Lipinski definition) is 0. The zero-order valence-corrected chi connectivity index (χ0v) is 11.8. The topological polar surface area (TPSA) is 51.2 Å². The van der Waals surface area contributed by atoms with Crippen LogP contribution in [-0.4, -0.2) is 20.0 Å². The lowest BCUT2D eigenvalue weighted by atomic mass is 10.0. The number of sulfone groups is 1. The van der Waals surface area contributed by atoms with Crippen molar-refractivity contribution in [1.82, 2.24) is 0 Å². The second-order valence-electron chi connectivity index (χ2n) is 4.26. The van der Waals surface area contributed by atoms with Crippen LogP contribution in [0.3, 0.4) is 0 Å². The molecule has 1 unspecified atom stereocenters. The predicted octanol–water partition coefficient (Wildman–Crippen LogP) is 2.43. The minimum Gasteiger partial charge on any atom is -0.298 e. The Morgan fingerprint density at radius 3 is 2.76 bits per heavy atom. The van der Waals surface area contributed by atoms with E-state index in [1.165, 1.54) is 6.92 Å². The fraction of sp³-hybridized carbons (Fsp3) is 0.417. The summed E-state index contributed by atoms with van der Waals surface area (Å²) in [5.74, 6) is 0.243. The lowest BCUT2D eigenvalue weighted by molar-refractivity contribution is -0.116. The molecule has 0 fully saturated rings. The van der Waals surface area contributed by atoms with Crippen molar-refractivity contribution in [3.05, 3.63) is 29.3 Å². The molecule has 92 valence electrons. The van der Waals surface area contributed by atoms with Gasteiger partial charge in [0, 0.05) is 0 Å². The normalized spacial score (nSPS) is 19.4. The minimum absolute atomic E-state index is 0.0172. The van der Waals surface area contributed by atoms with Gasteiger partial charge in [-0.2, -0.15) is 0 Å². The van der Waals surface area contributed by atoms with Crippen LogP contribution in [-0.2, 0) is 21.1 Å². The first-order valence-electron chi connectivity index (χ1n) is 5.42. The fourth-order valence-electron chi connectivity index (χ4n) is 2.05. The molecule has 0 saturated heterocycles. The number of Topliss-reactive ketones (excluding diaryl/α,β-unsaturated/α-hetero) is 1. The number of benzene rings is 1. The summed E-state index contributed by atoms with van der Waals surface area (Å²) in [5.41, 5.74) is 1.66. The Morgan fingerprint density at radius 2 is 2.12 bits per heavy atom. The van der Waals surface area contributed by atoms with Crippen molar-refractivity contribution in [3.8, 4) is 0 Å². The molecule has 0 N–H and O–H groups in total. The van der Waals surface area contributed by atoms with Crippen molar-refractivity contribution in [2.75, 3.05) is 5.75 Å². The first-order chi connectivity index (χ1) is 7.92. The van der Waals surface area contributed by atoms with E-state index in [0.717, 1.165) is 17.5 Å². The molecule has 1 aliphatic heterocycles. The van der Waals surface area contributed by atoms with E-state index in [1.807, 2.05) is 6.07 Å². The third kappa shape index (κ3) is 2.45. The third-order valence-corrected chi connectivity index (χ3v) is 6.00. The van der Waals surface area contributed by atoms with Crippen LogP contribution < -0.4 is 0 Å². The maximum atomic E-state index is 11.8. The SMILES string of the molecule is CC(=O)C(Br)c1ccc2c(c1)CCCS2(=O)=O. The smallest absolute Gasteiger partial charge is 0.178 e. The lowest BCUT2D eigenvalue weighted by Gasteiger charge is -2.18. The molecule has 0 spiro atoms. The van der Waals surface area contributed by atoms with Crippen molar-refractivity contribution in [1.29, 1.82) is 0 Å². The monoisotopic (exact) mass is 316 g/mol. The number of carbonyl (C=O) groups is 1. The van der Waals surface area contributed by atoms with E-state index in [-0.39, 0.29) is 16.4 Å². The van der Waals surface area contributed by atoms with E-state index in [0.29, 0.717) is 11.3 Å². The van der Waals surface area contributed by atoms with E-state index in [1.54, 1.807) is 12.1 Å². The van der Waals surface area contributed by atoms with Gasteiger partial charge in [-0.05, 0) is 37.0 Å². The van der Waals surface area contributed by atoms with Gasteiger partial charge in [0.05, 0.1) is 15.5 Å². The van der Waals surface area contributed by atoms with Crippen molar-refractivity contribution in [2.45, 2.75) is 29.5 Å². The highest BCUT2D eigenvalue weighted by Crippen LogP contribution is 2.30. The number of ketones is 1. The summed E-state index contributed by atoms with van der Waals surface area (Å²) in [5, 5.41) is 0. The maximum Gasteiger partial charge on any atom is 0.178 e. The van der Waals surface area contributed by atoms with Crippen molar-refractivity contribution in [3.63, 3.8) is 0 Å². The summed E-state index contributed by atoms with van der Waals surface area (Å²) in [7, 11) is -3.11. The molecular formula is C12H13BrO3S. The van der Waals surface area contributed by atoms with E-state index < -0.39 is 9.84 Å². The van der Waals surface area contributed by atoms with Crippen LogP contribution in [0.4, 0.5) is 0 Å². The zero-order valence-electron chi connectivity index (χ0n) is 9.44. The largest absolute Gasteiger partial charge is 0.298 e. The van der Waals surface area contributed by atoms with Gasteiger partial charge < -0.3 is 0 Å². The Hall–Kier alpha value is -0.680. The molecule has 3 nitrogen and oxygen atoms in total. The molecule has 2 rings (SSSR count). The molecule has 1 aromatic rings. The Bertz CT molecular complexity index is 563. The summed E-state index contributed by atoms with van der Waals surface area (Å²) in [6.45, 7) is 1.51. The molecule has 0 bridgehead atoms. The number of rotatable bonds is 2. The molecule has 0 radical (unpaired) electrons. The van der Waals surface area contributed by atoms with Gasteiger partial charge in [0.1, 0.15) is 5.78 Å². The summed E-state index contributed by atoms with van der Waals surface area (Å²) in [6, 6.07) is 5.16. The third-order valence-electron chi connectivity index (χ3n) is 2.93. The number of halogens is 1. The number of carbonyl (C=O) groups excluding carboxylic acids is 1. The van der Waals surface area contributed by atoms with Crippen LogP contribution in [0.2, 0.25) is 0 Å². The van der Waals surface area contributed by atoms with Crippen LogP contribution in [0, 0.1) is 0 Å². The van der Waals surface area contributed by atoms with Crippen molar-refractivity contribution < 1.29 is 13.2 Å². The van der Waals surface area contributed by atoms with Gasteiger partial charge in [0.15, 0.2) is 9.84 Å². The molecular weight excluding hydrogens is 304 g/mol. The number of hydrogen-bond acceptors (Lipinski definition) is 3. The Labute approximate surface area is 109 Å². The molecule has 1 aromatic carbocycles. The predicted molar refractivity (Wildman–Crippen MR) is 69.2 cm³/mol. The average Bonchev–Trinajstić information content (AvgIpc) is 2.27. The molecule has 0 aromatic heterocycles. The van der Waals surface area contributed by atoms with Crippen LogP contribution >= 0.6 is 15.9 Å². The van der Waals surface area contributed by atoms with Gasteiger partial charge in [-0.25, -0.2) is 8.42 Å². The molecule has 0 aliphatic carbocycles. The van der Waals surface area contributed by atoms with Gasteiger partial charge in [-0.15, -0.1) is 0 Å². The zero-order chi connectivity index (χ0) is 12.6. The molecule has 0 saturated carbocycles. The van der Waals surface area contributed by atoms with Gasteiger partial charge in [-0.3, -0.25) is 4.79 Å². The molecule has 17 heavy (non-hydrogen) atoms. The standard InChI is InChI=1S/C12H13BrO3S/c1-8(14)12(13)10-4-5-11-9(7-10)3-2-6-17(11,15)16/h4-5,7,12H,2-3,6H2,1H3. The quantitative estimate of drug-likeness (QED) is 0.787. The molecule has 0 amide bonds. The fourth-order valence-corrected chi connectivity index (χ4v) is 3.92. The summed E-state index contributed by atoms with van der Waals surface area (Å²) < 4.78 is 23.6. The lowest BCUT2D eigenvalue weighted by Crippen LogP contribution is -2.16. The molecule has 1 heterocycles. The van der Waals surface area contributed by atoms with E-state index >= 15 is 0 Å². The van der Waals surface area contributed by atoms with Gasteiger partial charge >= 0.3 is 0 Å². The molecule has 1 atom stereocenters. The maximum absolute atomic E-state index is 11.8. The Kier molecular flexibility index (Phi) is 3.41. The van der Waals surface area contributed by atoms with Crippen molar-refractivity contribution >= 4 is 31.6 Å². The number of fused-ring (bicyclic) bond motifs is 1. The highest BCUT2D eigenvalue weighted by Gasteiger charge is 2.24. The first kappa shape index (κ1) is 12.8. The first-order valence-corrected chi connectivity index (χ1v) is 7.99. The van der Waals surface area contributed by atoms with Gasteiger partial charge in [-0.1, -0.05) is 28.1 Å². The van der Waals surface area contributed by atoms with Gasteiger partial charge in [0.2, 0.25) is 0 Å². The van der Waals surface area contributed by atoms with E-state index in [2.05, 4.69) is 15.9 Å². The summed E-state index contributed by atoms with van der Waals surface area (Å²) in [4.78, 5) is 11.4. The van der Waals surface area contributed by atoms with E-state index in [4.69, 9.17) is 0 Å². The van der Waals surface area contributed by atoms with Crippen LogP contribution in [0.1, 0.15) is 29.3 Å². The molecule has 1 aliphatic rings. The van der Waals surface area contributed by atoms with Crippen LogP contribution in [0.15, 0.2) is 23.1 Å². The van der Waals surface area contributed by atoms with Crippen molar-refractivity contribution in [2.24, 2.45) is 0 Å². The highest BCUT2D eigenvalue weighted by atomic mass is 79.9. The average molecular weight is 317 g/mol. The van der Waals surface area contributed by atoms with Gasteiger partial charge in [0.25, 0.3) is 0 Å². The van der Waals surface area contributed by atoms with Crippen LogP contribution in [0.5, 0.6) is 0 Å². The minimum atomic E-state index is -3.11. The second-order valence-corrected chi connectivity index (χ2v) is 7.26. The Balaban J connectivity index is 2.48. The highest BCUT2D eigenvalue weighted by molar-refractivity contribution is 9.09. The summed E-state index contributed by atoms with van der Waals surface area (Å²) >= 11 is 3.31.